The molecule has 0 spiro atoms. The summed E-state index contributed by atoms with van der Waals surface area (Å²) in [6, 6.07) is 26.9. The van der Waals surface area contributed by atoms with Gasteiger partial charge in [-0.1, -0.05) is 72.3 Å². The van der Waals surface area contributed by atoms with E-state index in [0.29, 0.717) is 12.2 Å². The van der Waals surface area contributed by atoms with Crippen LogP contribution in [0.3, 0.4) is 0 Å². The van der Waals surface area contributed by atoms with E-state index in [1.807, 2.05) is 30.3 Å². The molecule has 7 nitrogen and oxygen atoms in total. The van der Waals surface area contributed by atoms with E-state index in [2.05, 4.69) is 15.4 Å². The molecule has 0 aliphatic heterocycles. The summed E-state index contributed by atoms with van der Waals surface area (Å²) in [4.78, 5) is 25.7. The van der Waals surface area contributed by atoms with Crippen LogP contribution in [-0.4, -0.2) is 20.2 Å². The Morgan fingerprint density at radius 2 is 1.43 bits per heavy atom. The van der Waals surface area contributed by atoms with Crippen molar-refractivity contribution in [3.63, 3.8) is 0 Å². The van der Waals surface area contributed by atoms with E-state index in [4.69, 9.17) is 11.6 Å². The lowest BCUT2D eigenvalue weighted by molar-refractivity contribution is 0.0951. The van der Waals surface area contributed by atoms with Crippen LogP contribution < -0.4 is 15.4 Å². The van der Waals surface area contributed by atoms with Crippen molar-refractivity contribution in [1.82, 2.24) is 5.32 Å². The molecule has 4 aromatic rings. The molecular weight excluding hydrogens is 510 g/mol. The zero-order chi connectivity index (χ0) is 26.4. The number of sulfonamides is 1. The Bertz CT molecular complexity index is 1560. The Morgan fingerprint density at radius 3 is 2.16 bits per heavy atom. The van der Waals surface area contributed by atoms with Crippen LogP contribution in [0.2, 0.25) is 5.02 Å². The van der Waals surface area contributed by atoms with Gasteiger partial charge >= 0.3 is 0 Å². The van der Waals surface area contributed by atoms with E-state index in [1.165, 1.54) is 18.2 Å². The lowest BCUT2D eigenvalue weighted by Crippen LogP contribution is -2.25. The number of hydrogen-bond acceptors (Lipinski definition) is 4. The molecule has 188 valence electrons. The van der Waals surface area contributed by atoms with Crippen molar-refractivity contribution in [3.8, 4) is 0 Å². The highest BCUT2D eigenvalue weighted by Crippen LogP contribution is 2.27. The number of aryl methyl sites for hydroxylation is 1. The van der Waals surface area contributed by atoms with Crippen molar-refractivity contribution in [1.29, 1.82) is 0 Å². The summed E-state index contributed by atoms with van der Waals surface area (Å²) in [5.74, 6) is -0.950. The van der Waals surface area contributed by atoms with Gasteiger partial charge in [0.1, 0.15) is 4.90 Å². The zero-order valence-corrected chi connectivity index (χ0v) is 21.4. The van der Waals surface area contributed by atoms with E-state index < -0.39 is 15.9 Å². The Kier molecular flexibility index (Phi) is 7.91. The molecule has 0 saturated heterocycles. The number of rotatable bonds is 8. The van der Waals surface area contributed by atoms with Crippen molar-refractivity contribution >= 4 is 44.8 Å². The number of halogens is 1. The summed E-state index contributed by atoms with van der Waals surface area (Å²) in [7, 11) is -4.08. The topological polar surface area (TPSA) is 104 Å². The van der Waals surface area contributed by atoms with Crippen LogP contribution in [0.15, 0.2) is 102 Å². The van der Waals surface area contributed by atoms with Crippen molar-refractivity contribution < 1.29 is 18.0 Å². The van der Waals surface area contributed by atoms with E-state index in [-0.39, 0.29) is 32.6 Å². The van der Waals surface area contributed by atoms with Gasteiger partial charge in [0.2, 0.25) is 0 Å². The van der Waals surface area contributed by atoms with E-state index in [0.717, 1.165) is 11.1 Å². The van der Waals surface area contributed by atoms with Crippen LogP contribution in [0.25, 0.3) is 0 Å². The van der Waals surface area contributed by atoms with Gasteiger partial charge in [-0.15, -0.1) is 0 Å². The van der Waals surface area contributed by atoms with Gasteiger partial charge in [0.05, 0.1) is 22.0 Å². The minimum Gasteiger partial charge on any atom is -0.348 e. The molecule has 4 rings (SSSR count). The third-order valence-electron chi connectivity index (χ3n) is 5.59. The molecule has 9 heteroatoms. The number of amides is 2. The fourth-order valence-corrected chi connectivity index (χ4v) is 5.25. The molecule has 0 aromatic heterocycles. The maximum atomic E-state index is 13.1. The SMILES string of the molecule is Cc1ccccc1NS(=O)(=O)c1cc(C(=O)Nc2ccccc2C(=O)NCc2ccccc2)ccc1Cl. The van der Waals surface area contributed by atoms with Gasteiger partial charge in [-0.05, 0) is 54.4 Å². The first-order valence-electron chi connectivity index (χ1n) is 11.3. The molecule has 4 aromatic carbocycles. The molecule has 0 aliphatic rings. The number of anilines is 2. The number of para-hydroxylation sites is 2. The Morgan fingerprint density at radius 1 is 0.784 bits per heavy atom. The molecule has 0 saturated carbocycles. The average Bonchev–Trinajstić information content (AvgIpc) is 2.89. The zero-order valence-electron chi connectivity index (χ0n) is 19.9. The molecule has 2 amide bonds. The average molecular weight is 534 g/mol. The van der Waals surface area contributed by atoms with Crippen LogP contribution >= 0.6 is 11.6 Å². The van der Waals surface area contributed by atoms with Crippen molar-refractivity contribution in [2.24, 2.45) is 0 Å². The van der Waals surface area contributed by atoms with Gasteiger partial charge < -0.3 is 10.6 Å². The largest absolute Gasteiger partial charge is 0.348 e. The number of benzene rings is 4. The molecule has 0 fully saturated rings. The molecule has 0 unspecified atom stereocenters. The van der Waals surface area contributed by atoms with Gasteiger partial charge in [-0.25, -0.2) is 8.42 Å². The number of nitrogens with one attached hydrogen (secondary N) is 3. The minimum absolute atomic E-state index is 0.0293. The fourth-order valence-electron chi connectivity index (χ4n) is 3.60. The monoisotopic (exact) mass is 533 g/mol. The van der Waals surface area contributed by atoms with Crippen molar-refractivity contribution in [2.75, 3.05) is 10.0 Å². The molecule has 0 heterocycles. The lowest BCUT2D eigenvalue weighted by atomic mass is 10.1. The van der Waals surface area contributed by atoms with Gasteiger partial charge in [0, 0.05) is 12.1 Å². The highest BCUT2D eigenvalue weighted by Gasteiger charge is 2.22. The first-order chi connectivity index (χ1) is 17.7. The van der Waals surface area contributed by atoms with Crippen LogP contribution in [0.4, 0.5) is 11.4 Å². The fraction of sp³-hybridized carbons (Fsp3) is 0.0714. The van der Waals surface area contributed by atoms with Gasteiger partial charge in [0.25, 0.3) is 21.8 Å². The van der Waals surface area contributed by atoms with Gasteiger partial charge in [0.15, 0.2) is 0 Å². The summed E-state index contributed by atoms with van der Waals surface area (Å²) >= 11 is 6.20. The number of hydrogen-bond donors (Lipinski definition) is 3. The van der Waals surface area contributed by atoms with Crippen LogP contribution in [-0.2, 0) is 16.6 Å². The predicted octanol–water partition coefficient (Wildman–Crippen LogP) is 5.63. The Hall–Kier alpha value is -4.14. The lowest BCUT2D eigenvalue weighted by Gasteiger charge is -2.14. The highest BCUT2D eigenvalue weighted by molar-refractivity contribution is 7.92. The van der Waals surface area contributed by atoms with Crippen molar-refractivity contribution in [3.05, 3.63) is 124 Å². The van der Waals surface area contributed by atoms with Crippen LogP contribution in [0.5, 0.6) is 0 Å². The first-order valence-corrected chi connectivity index (χ1v) is 13.2. The Labute approximate surface area is 220 Å². The first kappa shape index (κ1) is 25.9. The van der Waals surface area contributed by atoms with E-state index >= 15 is 0 Å². The van der Waals surface area contributed by atoms with Crippen molar-refractivity contribution in [2.45, 2.75) is 18.4 Å². The van der Waals surface area contributed by atoms with E-state index in [9.17, 15) is 18.0 Å². The molecule has 3 N–H and O–H groups in total. The normalized spacial score (nSPS) is 11.0. The van der Waals surface area contributed by atoms with Gasteiger partial charge in [-0.2, -0.15) is 0 Å². The summed E-state index contributed by atoms with van der Waals surface area (Å²) in [6.45, 7) is 2.10. The van der Waals surface area contributed by atoms with E-state index in [1.54, 1.807) is 55.5 Å². The standard InChI is InChI=1S/C28H24ClN3O4S/c1-19-9-5-7-13-24(19)32-37(35,36)26-17-21(15-16-23(26)29)27(33)31-25-14-8-6-12-22(25)28(34)30-18-20-10-3-2-4-11-20/h2-17,32H,18H2,1H3,(H,30,34)(H,31,33). The van der Waals surface area contributed by atoms with Gasteiger partial charge in [-0.3, -0.25) is 14.3 Å². The van der Waals surface area contributed by atoms with Crippen LogP contribution in [0.1, 0.15) is 31.8 Å². The molecule has 0 radical (unpaired) electrons. The summed E-state index contributed by atoms with van der Waals surface area (Å²) in [5, 5.41) is 5.51. The maximum Gasteiger partial charge on any atom is 0.263 e. The highest BCUT2D eigenvalue weighted by atomic mass is 35.5. The third-order valence-corrected chi connectivity index (χ3v) is 7.44. The predicted molar refractivity (Wildman–Crippen MR) is 145 cm³/mol. The Balaban J connectivity index is 1.54. The summed E-state index contributed by atoms with van der Waals surface area (Å²) < 4.78 is 28.6. The second kappa shape index (κ2) is 11.3. The molecule has 0 bridgehead atoms. The number of carbonyl (C=O) groups is 2. The molecule has 0 atom stereocenters. The molecule has 37 heavy (non-hydrogen) atoms. The van der Waals surface area contributed by atoms with Crippen LogP contribution in [0, 0.1) is 6.92 Å². The second-order valence-corrected chi connectivity index (χ2v) is 10.3. The molecule has 0 aliphatic carbocycles. The summed E-state index contributed by atoms with van der Waals surface area (Å²) in [5.41, 5.74) is 2.70. The quantitative estimate of drug-likeness (QED) is 0.273. The third kappa shape index (κ3) is 6.35. The second-order valence-electron chi connectivity index (χ2n) is 8.23. The maximum absolute atomic E-state index is 13.1. The smallest absolute Gasteiger partial charge is 0.263 e. The number of carbonyl (C=O) groups excluding carboxylic acids is 2. The summed E-state index contributed by atoms with van der Waals surface area (Å²) in [6.07, 6.45) is 0. The molecular formula is C28H24ClN3O4S. The minimum atomic E-state index is -4.08.